The van der Waals surface area contributed by atoms with Gasteiger partial charge in [-0.1, -0.05) is 26.0 Å². The van der Waals surface area contributed by atoms with E-state index in [1.807, 2.05) is 12.1 Å². The molecule has 1 rings (SSSR count). The molecule has 0 spiro atoms. The zero-order valence-electron chi connectivity index (χ0n) is 15.3. The van der Waals surface area contributed by atoms with Crippen LogP contribution in [0, 0.1) is 5.92 Å². The van der Waals surface area contributed by atoms with E-state index in [-0.39, 0.29) is 29.5 Å². The molecular weight excluding hydrogens is 401 g/mol. The molecule has 0 aliphatic carbocycles. The van der Waals surface area contributed by atoms with Crippen LogP contribution in [0.15, 0.2) is 29.3 Å². The highest BCUT2D eigenvalue weighted by Crippen LogP contribution is 2.13. The van der Waals surface area contributed by atoms with E-state index < -0.39 is 0 Å². The summed E-state index contributed by atoms with van der Waals surface area (Å²) in [5, 5.41) is 6.68. The van der Waals surface area contributed by atoms with Crippen LogP contribution in [0.1, 0.15) is 40.2 Å². The minimum absolute atomic E-state index is 0. The molecule has 0 heterocycles. The van der Waals surface area contributed by atoms with Gasteiger partial charge in [0.1, 0.15) is 5.75 Å². The Kier molecular flexibility index (Phi) is 10.3. The Balaban J connectivity index is 0.00000484. The topological polar surface area (TPSA) is 45.7 Å². The van der Waals surface area contributed by atoms with Crippen molar-refractivity contribution >= 4 is 29.9 Å². The first-order valence-corrected chi connectivity index (χ1v) is 8.01. The van der Waals surface area contributed by atoms with Crippen LogP contribution < -0.4 is 15.4 Å². The van der Waals surface area contributed by atoms with Crippen LogP contribution >= 0.6 is 24.0 Å². The number of aliphatic imine (C=N–C) groups is 1. The molecule has 0 bridgehead atoms. The lowest BCUT2D eigenvalue weighted by molar-refractivity contribution is 0.271. The van der Waals surface area contributed by atoms with Gasteiger partial charge in [0.2, 0.25) is 0 Å². The third kappa shape index (κ3) is 10.4. The third-order valence-corrected chi connectivity index (χ3v) is 2.93. The van der Waals surface area contributed by atoms with E-state index >= 15 is 0 Å². The van der Waals surface area contributed by atoms with Gasteiger partial charge in [-0.2, -0.15) is 0 Å². The molecule has 4 nitrogen and oxygen atoms in total. The van der Waals surface area contributed by atoms with Crippen molar-refractivity contribution in [1.29, 1.82) is 0 Å². The molecule has 23 heavy (non-hydrogen) atoms. The molecule has 0 saturated carbocycles. The van der Waals surface area contributed by atoms with E-state index in [4.69, 9.17) is 4.74 Å². The summed E-state index contributed by atoms with van der Waals surface area (Å²) >= 11 is 0. The second-order valence-corrected chi connectivity index (χ2v) is 6.97. The van der Waals surface area contributed by atoms with Gasteiger partial charge in [0.15, 0.2) is 5.96 Å². The largest absolute Gasteiger partial charge is 0.493 e. The van der Waals surface area contributed by atoms with E-state index in [2.05, 4.69) is 62.4 Å². The highest BCUT2D eigenvalue weighted by atomic mass is 127. The average Bonchev–Trinajstić information content (AvgIpc) is 2.44. The molecular formula is C18H32IN3O. The molecule has 0 amide bonds. The summed E-state index contributed by atoms with van der Waals surface area (Å²) in [5.74, 6) is 2.32. The van der Waals surface area contributed by atoms with Gasteiger partial charge < -0.3 is 15.4 Å². The number of rotatable bonds is 6. The van der Waals surface area contributed by atoms with E-state index in [1.54, 1.807) is 7.05 Å². The molecule has 1 aromatic rings. The van der Waals surface area contributed by atoms with Crippen molar-refractivity contribution in [2.24, 2.45) is 10.9 Å². The van der Waals surface area contributed by atoms with E-state index in [9.17, 15) is 0 Å². The van der Waals surface area contributed by atoms with Crippen LogP contribution in [0.4, 0.5) is 0 Å². The predicted octanol–water partition coefficient (Wildman–Crippen LogP) is 3.85. The molecule has 0 saturated heterocycles. The minimum atomic E-state index is 0. The maximum atomic E-state index is 5.69. The molecule has 0 radical (unpaired) electrons. The highest BCUT2D eigenvalue weighted by molar-refractivity contribution is 14.0. The summed E-state index contributed by atoms with van der Waals surface area (Å²) in [5.41, 5.74) is 1.30. The summed E-state index contributed by atoms with van der Waals surface area (Å²) in [6.07, 6.45) is 0.954. The monoisotopic (exact) mass is 433 g/mol. The quantitative estimate of drug-likeness (QED) is 0.407. The predicted molar refractivity (Wildman–Crippen MR) is 110 cm³/mol. The fourth-order valence-electron chi connectivity index (χ4n) is 1.87. The Bertz CT molecular complexity index is 464. The summed E-state index contributed by atoms with van der Waals surface area (Å²) in [7, 11) is 1.79. The average molecular weight is 433 g/mol. The van der Waals surface area contributed by atoms with Gasteiger partial charge in [0, 0.05) is 19.1 Å². The van der Waals surface area contributed by atoms with Crippen molar-refractivity contribution in [3.8, 4) is 5.75 Å². The number of guanidine groups is 1. The van der Waals surface area contributed by atoms with Gasteiger partial charge in [-0.15, -0.1) is 24.0 Å². The fraction of sp³-hybridized carbons (Fsp3) is 0.611. The zero-order valence-corrected chi connectivity index (χ0v) is 17.6. The van der Waals surface area contributed by atoms with Gasteiger partial charge in [-0.25, -0.2) is 0 Å². The minimum Gasteiger partial charge on any atom is -0.493 e. The molecule has 0 fully saturated rings. The van der Waals surface area contributed by atoms with Crippen LogP contribution in [0.5, 0.6) is 5.75 Å². The number of halogens is 1. The maximum Gasteiger partial charge on any atom is 0.191 e. The van der Waals surface area contributed by atoms with E-state index in [0.717, 1.165) is 31.3 Å². The van der Waals surface area contributed by atoms with E-state index in [0.29, 0.717) is 5.92 Å². The molecule has 0 unspecified atom stereocenters. The standard InChI is InChI=1S/C18H31N3O.HI/c1-14(2)13-22-16-9-7-15(8-10-16)11-12-20-17(19-6)21-18(3,4)5;/h7-10,14H,11-13H2,1-6H3,(H2,19,20,21);1H. The number of nitrogens with one attached hydrogen (secondary N) is 2. The highest BCUT2D eigenvalue weighted by Gasteiger charge is 2.11. The number of hydrogen-bond acceptors (Lipinski definition) is 2. The lowest BCUT2D eigenvalue weighted by atomic mass is 10.1. The molecule has 132 valence electrons. The molecule has 1 aromatic carbocycles. The van der Waals surface area contributed by atoms with Crippen LogP contribution in [-0.4, -0.2) is 31.7 Å². The molecule has 0 atom stereocenters. The number of hydrogen-bond donors (Lipinski definition) is 2. The molecule has 0 aromatic heterocycles. The summed E-state index contributed by atoms with van der Waals surface area (Å²) in [6, 6.07) is 8.33. The number of benzene rings is 1. The van der Waals surface area contributed by atoms with Crippen LogP contribution in [0.3, 0.4) is 0 Å². The SMILES string of the molecule is CN=C(NCCc1ccc(OCC(C)C)cc1)NC(C)(C)C.I. The summed E-state index contributed by atoms with van der Waals surface area (Å²) < 4.78 is 5.69. The molecule has 0 aliphatic heterocycles. The number of nitrogens with zero attached hydrogens (tertiary/aromatic N) is 1. The van der Waals surface area contributed by atoms with Gasteiger partial charge in [-0.05, 0) is 50.8 Å². The first-order chi connectivity index (χ1) is 10.3. The normalized spacial score (nSPS) is 11.9. The van der Waals surface area contributed by atoms with Crippen molar-refractivity contribution in [2.75, 3.05) is 20.2 Å². The smallest absolute Gasteiger partial charge is 0.191 e. The van der Waals surface area contributed by atoms with Gasteiger partial charge in [0.25, 0.3) is 0 Å². The van der Waals surface area contributed by atoms with Crippen LogP contribution in [0.25, 0.3) is 0 Å². The van der Waals surface area contributed by atoms with Crippen LogP contribution in [-0.2, 0) is 6.42 Å². The van der Waals surface area contributed by atoms with E-state index in [1.165, 1.54) is 5.56 Å². The molecule has 0 aliphatic rings. The maximum absolute atomic E-state index is 5.69. The summed E-state index contributed by atoms with van der Waals surface area (Å²) in [4.78, 5) is 4.23. The summed E-state index contributed by atoms with van der Waals surface area (Å²) in [6.45, 7) is 12.3. The van der Waals surface area contributed by atoms with Gasteiger partial charge in [0.05, 0.1) is 6.61 Å². The van der Waals surface area contributed by atoms with Crippen molar-refractivity contribution in [3.05, 3.63) is 29.8 Å². The first kappa shape index (κ1) is 22.0. The Hall–Kier alpha value is -0.980. The molecule has 5 heteroatoms. The Morgan fingerprint density at radius 2 is 1.78 bits per heavy atom. The van der Waals surface area contributed by atoms with Crippen molar-refractivity contribution in [3.63, 3.8) is 0 Å². The van der Waals surface area contributed by atoms with Crippen molar-refractivity contribution < 1.29 is 4.74 Å². The van der Waals surface area contributed by atoms with Gasteiger partial charge >= 0.3 is 0 Å². The Morgan fingerprint density at radius 3 is 2.26 bits per heavy atom. The zero-order chi connectivity index (χ0) is 16.6. The second kappa shape index (κ2) is 10.7. The fourth-order valence-corrected chi connectivity index (χ4v) is 1.87. The third-order valence-electron chi connectivity index (χ3n) is 2.93. The van der Waals surface area contributed by atoms with Crippen molar-refractivity contribution in [1.82, 2.24) is 10.6 Å². The van der Waals surface area contributed by atoms with Crippen LogP contribution in [0.2, 0.25) is 0 Å². The Morgan fingerprint density at radius 1 is 1.17 bits per heavy atom. The second-order valence-electron chi connectivity index (χ2n) is 6.97. The lowest BCUT2D eigenvalue weighted by Crippen LogP contribution is -2.48. The first-order valence-electron chi connectivity index (χ1n) is 8.01. The van der Waals surface area contributed by atoms with Crippen molar-refractivity contribution in [2.45, 2.75) is 46.6 Å². The lowest BCUT2D eigenvalue weighted by Gasteiger charge is -2.23. The van der Waals surface area contributed by atoms with Gasteiger partial charge in [-0.3, -0.25) is 4.99 Å². The number of ether oxygens (including phenoxy) is 1. The Labute approximate surface area is 158 Å². The molecule has 2 N–H and O–H groups in total.